The van der Waals surface area contributed by atoms with Gasteiger partial charge in [-0.3, -0.25) is 13.8 Å². The third-order valence-electron chi connectivity index (χ3n) is 8.84. The monoisotopic (exact) mass is 792 g/mol. The van der Waals surface area contributed by atoms with E-state index in [2.05, 4.69) is 86.8 Å². The first-order chi connectivity index (χ1) is 26.9. The number of unbranched alkanes of at least 4 members (excludes halogenated alkanes) is 16. The van der Waals surface area contributed by atoms with Crippen LogP contribution in [0.25, 0.3) is 0 Å². The van der Waals surface area contributed by atoms with E-state index >= 15 is 0 Å². The van der Waals surface area contributed by atoms with Crippen molar-refractivity contribution < 1.29 is 32.8 Å². The molecule has 0 aliphatic carbocycles. The minimum atomic E-state index is -4.28. The largest absolute Gasteiger partial charge is 0.472 e. The molecule has 0 bridgehead atoms. The lowest BCUT2D eigenvalue weighted by Crippen LogP contribution is -2.28. The van der Waals surface area contributed by atoms with Crippen molar-refractivity contribution in [1.82, 2.24) is 0 Å². The number of carbonyl (C=O) groups excluding carboxylic acids is 1. The highest BCUT2D eigenvalue weighted by Gasteiger charge is 2.25. The molecular weight excluding hydrogens is 709 g/mol. The van der Waals surface area contributed by atoms with Crippen molar-refractivity contribution in [2.75, 3.05) is 33.0 Å². The highest BCUT2D eigenvalue weighted by atomic mass is 31.2. The van der Waals surface area contributed by atoms with Crippen LogP contribution >= 0.6 is 7.82 Å². The summed E-state index contributed by atoms with van der Waals surface area (Å²) in [5, 5.41) is 0. The Balaban J connectivity index is 3.98. The van der Waals surface area contributed by atoms with Crippen LogP contribution in [0.3, 0.4) is 0 Å². The Morgan fingerprint density at radius 1 is 0.564 bits per heavy atom. The Morgan fingerprint density at radius 2 is 1.02 bits per heavy atom. The maximum Gasteiger partial charge on any atom is 0.472 e. The lowest BCUT2D eigenvalue weighted by atomic mass is 10.1. The summed E-state index contributed by atoms with van der Waals surface area (Å²) in [5.74, 6) is -0.343. The van der Waals surface area contributed by atoms with Crippen LogP contribution in [0.2, 0.25) is 0 Å². The summed E-state index contributed by atoms with van der Waals surface area (Å²) in [6.07, 6.45) is 53.5. The van der Waals surface area contributed by atoms with Crippen molar-refractivity contribution in [2.45, 2.75) is 180 Å². The first-order valence-electron chi connectivity index (χ1n) is 21.9. The number of rotatable bonds is 41. The van der Waals surface area contributed by atoms with E-state index in [-0.39, 0.29) is 32.3 Å². The molecule has 0 aromatic heterocycles. The molecule has 9 heteroatoms. The Morgan fingerprint density at radius 3 is 1.55 bits per heavy atom. The van der Waals surface area contributed by atoms with Crippen LogP contribution in [0.15, 0.2) is 72.9 Å². The van der Waals surface area contributed by atoms with E-state index in [1.807, 2.05) is 0 Å². The fourth-order valence-electron chi connectivity index (χ4n) is 5.67. The molecule has 0 aliphatic rings. The van der Waals surface area contributed by atoms with Crippen molar-refractivity contribution in [3.8, 4) is 0 Å². The summed E-state index contributed by atoms with van der Waals surface area (Å²) in [6, 6.07) is 0. The van der Waals surface area contributed by atoms with Gasteiger partial charge in [-0.2, -0.15) is 0 Å². The van der Waals surface area contributed by atoms with Crippen molar-refractivity contribution >= 4 is 13.8 Å². The quantitative estimate of drug-likeness (QED) is 0.0272. The molecule has 318 valence electrons. The summed E-state index contributed by atoms with van der Waals surface area (Å²) in [7, 11) is -4.28. The number of hydrogen-bond donors (Lipinski definition) is 2. The highest BCUT2D eigenvalue weighted by Crippen LogP contribution is 2.43. The Bertz CT molecular complexity index is 1070. The fourth-order valence-corrected chi connectivity index (χ4v) is 6.44. The SMILES string of the molecule is CC/C=C\C/C=C\C/C=C\C/C=C\C/C=C\CCCCCCCCCCCC(=O)OC(COCCCCCCCC/C=C\CCC)COP(=O)(O)OCCN. The number of ether oxygens (including phenoxy) is 2. The number of carbonyl (C=O) groups is 1. The van der Waals surface area contributed by atoms with Gasteiger partial charge in [0.2, 0.25) is 0 Å². The predicted molar refractivity (Wildman–Crippen MR) is 233 cm³/mol. The van der Waals surface area contributed by atoms with E-state index in [1.165, 1.54) is 77.0 Å². The van der Waals surface area contributed by atoms with Crippen LogP contribution < -0.4 is 5.73 Å². The predicted octanol–water partition coefficient (Wildman–Crippen LogP) is 13.1. The summed E-state index contributed by atoms with van der Waals surface area (Å²) in [4.78, 5) is 22.5. The van der Waals surface area contributed by atoms with E-state index in [0.29, 0.717) is 13.0 Å². The smallest absolute Gasteiger partial charge is 0.457 e. The standard InChI is InChI=1S/C46H82NO7P/c1-3-5-7-9-11-13-15-16-17-18-19-20-21-22-23-24-25-26-27-28-29-31-33-35-37-39-46(48)54-45(44-53-55(49,50)52-42-40-47)43-51-41-38-36-34-32-30-14-12-10-8-6-4-2/h5,7-8,10-11,13,16-17,19-20,22-23,45H,3-4,6,9,12,14-15,18,21,24-44,47H2,1-2H3,(H,49,50)/b7-5-,10-8-,13-11-,17-16-,20-19-,23-22-. The van der Waals surface area contributed by atoms with Gasteiger partial charge >= 0.3 is 13.8 Å². The molecule has 0 saturated heterocycles. The topological polar surface area (TPSA) is 117 Å². The van der Waals surface area contributed by atoms with E-state index < -0.39 is 13.9 Å². The second-order valence-corrected chi connectivity index (χ2v) is 15.6. The third kappa shape index (κ3) is 42.9. The number of phosphoric ester groups is 1. The molecule has 0 amide bonds. The molecule has 0 rings (SSSR count). The first-order valence-corrected chi connectivity index (χ1v) is 23.4. The van der Waals surface area contributed by atoms with Crippen molar-refractivity contribution in [3.63, 3.8) is 0 Å². The van der Waals surface area contributed by atoms with Gasteiger partial charge in [-0.25, -0.2) is 4.57 Å². The van der Waals surface area contributed by atoms with Crippen LogP contribution in [-0.2, 0) is 27.9 Å². The van der Waals surface area contributed by atoms with Crippen LogP contribution in [0.5, 0.6) is 0 Å². The zero-order valence-corrected chi connectivity index (χ0v) is 36.0. The zero-order chi connectivity index (χ0) is 40.2. The fraction of sp³-hybridized carbons (Fsp3) is 0.717. The minimum absolute atomic E-state index is 0.0951. The summed E-state index contributed by atoms with van der Waals surface area (Å²) in [6.45, 7) is 4.72. The van der Waals surface area contributed by atoms with E-state index in [0.717, 1.165) is 77.0 Å². The molecule has 55 heavy (non-hydrogen) atoms. The second-order valence-electron chi connectivity index (χ2n) is 14.2. The van der Waals surface area contributed by atoms with E-state index in [9.17, 15) is 14.3 Å². The minimum Gasteiger partial charge on any atom is -0.457 e. The molecule has 8 nitrogen and oxygen atoms in total. The van der Waals surface area contributed by atoms with E-state index in [4.69, 9.17) is 24.3 Å². The van der Waals surface area contributed by atoms with Crippen LogP contribution in [0.4, 0.5) is 0 Å². The average molecular weight is 792 g/mol. The zero-order valence-electron chi connectivity index (χ0n) is 35.1. The molecule has 0 fully saturated rings. The van der Waals surface area contributed by atoms with Gasteiger partial charge in [-0.15, -0.1) is 0 Å². The highest BCUT2D eigenvalue weighted by molar-refractivity contribution is 7.47. The number of allylic oxidation sites excluding steroid dienone is 12. The molecule has 0 aromatic carbocycles. The summed E-state index contributed by atoms with van der Waals surface area (Å²) in [5.41, 5.74) is 5.36. The van der Waals surface area contributed by atoms with Crippen molar-refractivity contribution in [3.05, 3.63) is 72.9 Å². The molecule has 2 atom stereocenters. The first kappa shape index (κ1) is 52.9. The number of esters is 1. The summed E-state index contributed by atoms with van der Waals surface area (Å²) >= 11 is 0. The van der Waals surface area contributed by atoms with Gasteiger partial charge in [0, 0.05) is 19.6 Å². The van der Waals surface area contributed by atoms with Gasteiger partial charge in [0.05, 0.1) is 19.8 Å². The van der Waals surface area contributed by atoms with Crippen LogP contribution in [-0.4, -0.2) is 49.9 Å². The molecule has 0 aliphatic heterocycles. The average Bonchev–Trinajstić information content (AvgIpc) is 3.17. The Labute approximate surface area is 337 Å². The maximum atomic E-state index is 12.6. The van der Waals surface area contributed by atoms with Crippen LogP contribution in [0, 0.1) is 0 Å². The molecule has 2 unspecified atom stereocenters. The summed E-state index contributed by atoms with van der Waals surface area (Å²) < 4.78 is 33.4. The lowest BCUT2D eigenvalue weighted by Gasteiger charge is -2.20. The molecule has 0 aromatic rings. The van der Waals surface area contributed by atoms with Gasteiger partial charge in [0.1, 0.15) is 6.10 Å². The van der Waals surface area contributed by atoms with Crippen LogP contribution in [0.1, 0.15) is 174 Å². The number of nitrogens with two attached hydrogens (primary N) is 1. The number of hydrogen-bond acceptors (Lipinski definition) is 7. The molecular formula is C46H82NO7P. The van der Waals surface area contributed by atoms with Gasteiger partial charge < -0.3 is 20.1 Å². The van der Waals surface area contributed by atoms with E-state index in [1.54, 1.807) is 0 Å². The van der Waals surface area contributed by atoms with Gasteiger partial charge in [0.25, 0.3) is 0 Å². The normalized spacial score (nSPS) is 14.2. The molecule has 0 spiro atoms. The maximum absolute atomic E-state index is 12.6. The number of phosphoric acid groups is 1. The molecule has 0 saturated carbocycles. The second kappa shape index (κ2) is 43.1. The lowest BCUT2D eigenvalue weighted by molar-refractivity contribution is -0.154. The van der Waals surface area contributed by atoms with Gasteiger partial charge in [0.15, 0.2) is 0 Å². The van der Waals surface area contributed by atoms with Gasteiger partial charge in [-0.1, -0.05) is 164 Å². The van der Waals surface area contributed by atoms with Gasteiger partial charge in [-0.05, 0) is 77.0 Å². The van der Waals surface area contributed by atoms with Crippen molar-refractivity contribution in [1.29, 1.82) is 0 Å². The molecule has 0 heterocycles. The third-order valence-corrected chi connectivity index (χ3v) is 9.82. The Kier molecular flexibility index (Phi) is 41.5. The van der Waals surface area contributed by atoms with Crippen molar-refractivity contribution in [2.24, 2.45) is 5.73 Å². The Hall–Kier alpha value is -2.06. The molecule has 0 radical (unpaired) electrons. The molecule has 3 N–H and O–H groups in total.